The summed E-state index contributed by atoms with van der Waals surface area (Å²) in [4.78, 5) is 24.5. The summed E-state index contributed by atoms with van der Waals surface area (Å²) in [5.41, 5.74) is 0.298. The number of nitro benzene ring substituents is 1. The van der Waals surface area contributed by atoms with Crippen molar-refractivity contribution in [3.63, 3.8) is 0 Å². The van der Waals surface area contributed by atoms with E-state index in [0.29, 0.717) is 12.0 Å². The van der Waals surface area contributed by atoms with Gasteiger partial charge in [-0.2, -0.15) is 0 Å². The minimum Gasteiger partial charge on any atom is -0.422 e. The lowest BCUT2D eigenvalue weighted by molar-refractivity contribution is -0.384. The predicted octanol–water partition coefficient (Wildman–Crippen LogP) is 10.1. The van der Waals surface area contributed by atoms with Crippen LogP contribution in [0.5, 0.6) is 0 Å². The summed E-state index contributed by atoms with van der Waals surface area (Å²) >= 11 is 0. The topological polar surface area (TPSA) is 89.7 Å². The number of nitro groups is 1. The van der Waals surface area contributed by atoms with Crippen LogP contribution in [0.3, 0.4) is 0 Å². The van der Waals surface area contributed by atoms with Gasteiger partial charge in [0.25, 0.3) is 5.69 Å². The number of non-ortho nitro benzene ring substituents is 1. The van der Waals surface area contributed by atoms with Crippen LogP contribution in [0.4, 0.5) is 5.69 Å². The first kappa shape index (κ1) is 40.1. The number of carbonyl (C=O) groups is 1. The molecule has 0 fully saturated rings. The maximum Gasteiger partial charge on any atom is 0.269 e. The lowest BCUT2D eigenvalue weighted by Crippen LogP contribution is -2.90. The van der Waals surface area contributed by atoms with Crippen LogP contribution in [0.15, 0.2) is 24.3 Å². The highest BCUT2D eigenvalue weighted by atomic mass is 29.9. The summed E-state index contributed by atoms with van der Waals surface area (Å²) in [7, 11) is -5.58. The van der Waals surface area contributed by atoms with E-state index in [1.54, 1.807) is 12.1 Å². The number of hydrogen-bond acceptors (Lipinski definition) is 5. The third-order valence-electron chi connectivity index (χ3n) is 11.9. The lowest BCUT2D eigenvalue weighted by Gasteiger charge is -2.65. The molecule has 0 aliphatic rings. The fourth-order valence-corrected chi connectivity index (χ4v) is 109. The summed E-state index contributed by atoms with van der Waals surface area (Å²) in [6.45, 7) is 26.6. The van der Waals surface area contributed by atoms with Gasteiger partial charge in [-0.3, -0.25) is 14.9 Å². The van der Waals surface area contributed by atoms with Gasteiger partial charge in [0, 0.05) is 25.0 Å². The zero-order valence-corrected chi connectivity index (χ0v) is 33.8. The van der Waals surface area contributed by atoms with Crippen LogP contribution < -0.4 is 0 Å². The van der Waals surface area contributed by atoms with Gasteiger partial charge in [0.2, 0.25) is 0 Å². The molecule has 0 aliphatic carbocycles. The maximum absolute atomic E-state index is 13.8. The van der Waals surface area contributed by atoms with Gasteiger partial charge in [0.1, 0.15) is 5.78 Å². The van der Waals surface area contributed by atoms with E-state index < -0.39 is 40.7 Å². The van der Waals surface area contributed by atoms with Crippen molar-refractivity contribution >= 4 is 41.1 Å². The van der Waals surface area contributed by atoms with E-state index in [1.165, 1.54) is 66.5 Å². The molecule has 2 atom stereocenters. The number of aliphatic hydroxyl groups is 1. The number of carbonyl (C=O) groups excluding carboxylic acids is 1. The average Bonchev–Trinajstić information content (AvgIpc) is 2.99. The third kappa shape index (κ3) is 7.73. The molecule has 43 heavy (non-hydrogen) atoms. The molecule has 0 amide bonds. The number of rotatable bonds is 20. The van der Waals surface area contributed by atoms with Gasteiger partial charge >= 0.3 is 0 Å². The van der Waals surface area contributed by atoms with E-state index in [2.05, 4.69) is 83.1 Å². The average molecular weight is 668 g/mol. The number of benzene rings is 1. The van der Waals surface area contributed by atoms with E-state index >= 15 is 0 Å². The Bertz CT molecular complexity index is 940. The molecule has 1 aromatic carbocycles. The molecule has 0 spiro atoms. The molecule has 0 saturated carbocycles. The standard InChI is InChI=1S/C33H65NO5Si4/c1-13-40(14-2,15-3)43(41(16-4,17-5)18-6,42(19-7,20-8)21-9)39-32(33(10,11)12)27-30(35)26-31(36)28-22-24-29(25-23-28)34(37)38/h22-25,31-32,36H,13-21,26-27H2,1-12H3/t31-,32+/m1/s1. The summed E-state index contributed by atoms with van der Waals surface area (Å²) in [5.74, 6) is 0.0129. The van der Waals surface area contributed by atoms with Crippen LogP contribution in [0.1, 0.15) is 108 Å². The van der Waals surface area contributed by atoms with E-state index in [-0.39, 0.29) is 29.4 Å². The largest absolute Gasteiger partial charge is 0.422 e. The number of Topliss-reactive ketones (excluding diaryl/α,β-unsaturated/α-hetero) is 1. The van der Waals surface area contributed by atoms with Crippen LogP contribution in [-0.4, -0.2) is 51.6 Å². The summed E-state index contributed by atoms with van der Waals surface area (Å²) in [6, 6.07) is 17.4. The Hall–Kier alpha value is -0.922. The van der Waals surface area contributed by atoms with Crippen molar-refractivity contribution in [3.8, 4) is 0 Å². The van der Waals surface area contributed by atoms with Crippen LogP contribution in [-0.2, 0) is 9.22 Å². The molecular formula is C33H65NO5Si4. The second-order valence-electron chi connectivity index (χ2n) is 14.0. The van der Waals surface area contributed by atoms with Gasteiger partial charge in [-0.05, 0) is 23.1 Å². The Balaban J connectivity index is 3.85. The molecule has 0 saturated heterocycles. The molecule has 1 rings (SSSR count). The van der Waals surface area contributed by atoms with Gasteiger partial charge in [0.15, 0.2) is 6.87 Å². The Kier molecular flexibility index (Phi) is 15.5. The monoisotopic (exact) mass is 667 g/mol. The lowest BCUT2D eigenvalue weighted by atomic mass is 9.85. The Morgan fingerprint density at radius 3 is 1.37 bits per heavy atom. The quantitative estimate of drug-likeness (QED) is 0.0849. The third-order valence-corrected chi connectivity index (χ3v) is 81.9. The normalized spacial score (nSPS) is 14.9. The minimum absolute atomic E-state index is 0.00395. The van der Waals surface area contributed by atoms with Gasteiger partial charge in [0.05, 0.1) is 39.9 Å². The molecule has 10 heteroatoms. The molecule has 0 bridgehead atoms. The molecule has 248 valence electrons. The van der Waals surface area contributed by atoms with Crippen LogP contribution in [0.25, 0.3) is 0 Å². The van der Waals surface area contributed by atoms with Gasteiger partial charge in [-0.1, -0.05) is 137 Å². The zero-order chi connectivity index (χ0) is 33.3. The van der Waals surface area contributed by atoms with Crippen LogP contribution in [0.2, 0.25) is 54.4 Å². The van der Waals surface area contributed by atoms with Crippen molar-refractivity contribution in [2.75, 3.05) is 0 Å². The number of ketones is 1. The van der Waals surface area contributed by atoms with Crippen LogP contribution in [0, 0.1) is 15.5 Å². The van der Waals surface area contributed by atoms with Crippen molar-refractivity contribution in [1.29, 1.82) is 0 Å². The van der Waals surface area contributed by atoms with Crippen molar-refractivity contribution in [3.05, 3.63) is 39.9 Å². The van der Waals surface area contributed by atoms with Gasteiger partial charge < -0.3 is 9.53 Å². The zero-order valence-electron chi connectivity index (χ0n) is 29.8. The fraction of sp³-hybridized carbons (Fsp3) is 0.788. The summed E-state index contributed by atoms with van der Waals surface area (Å²) < 4.78 is 8.26. The highest BCUT2D eigenvalue weighted by Gasteiger charge is 2.73. The molecule has 0 heterocycles. The summed E-state index contributed by atoms with van der Waals surface area (Å²) in [6.07, 6.45) is -0.860. The molecule has 0 radical (unpaired) electrons. The maximum atomic E-state index is 13.8. The van der Waals surface area contributed by atoms with E-state index in [9.17, 15) is 20.0 Å². The Morgan fingerprint density at radius 2 is 1.09 bits per heavy atom. The minimum atomic E-state index is -2.36. The second-order valence-corrected chi connectivity index (χ2v) is 50.0. The number of nitrogens with zero attached hydrogens (tertiary/aromatic N) is 1. The Labute approximate surface area is 267 Å². The highest BCUT2D eigenvalue weighted by Crippen LogP contribution is 2.53. The SMILES string of the molecule is CC[Si](CC)(CC)[Si](O[C@@H](CC(=O)C[C@@H](O)c1ccc([N+](=O)[O-])cc1)C(C)(C)C)([Si](CC)(CC)CC)[Si](CC)(CC)CC. The smallest absolute Gasteiger partial charge is 0.269 e. The van der Waals surface area contributed by atoms with Crippen molar-refractivity contribution in [1.82, 2.24) is 0 Å². The van der Waals surface area contributed by atoms with Crippen LogP contribution >= 0.6 is 0 Å². The van der Waals surface area contributed by atoms with E-state index in [1.807, 2.05) is 0 Å². The first-order valence-corrected chi connectivity index (χ1v) is 30.0. The van der Waals surface area contributed by atoms with E-state index in [0.717, 1.165) is 0 Å². The molecule has 1 N–H and O–H groups in total. The van der Waals surface area contributed by atoms with Gasteiger partial charge in [-0.15, -0.1) is 0 Å². The molecule has 0 aromatic heterocycles. The summed E-state index contributed by atoms with van der Waals surface area (Å²) in [5, 5.41) is 22.1. The van der Waals surface area contributed by atoms with Crippen molar-refractivity contribution < 1.29 is 19.3 Å². The van der Waals surface area contributed by atoms with Crippen molar-refractivity contribution in [2.24, 2.45) is 5.41 Å². The first-order chi connectivity index (χ1) is 20.1. The Morgan fingerprint density at radius 1 is 0.744 bits per heavy atom. The van der Waals surface area contributed by atoms with Gasteiger partial charge in [-0.25, -0.2) is 0 Å². The number of aliphatic hydroxyl groups excluding tert-OH is 1. The second kappa shape index (κ2) is 16.6. The molecule has 1 aromatic rings. The fourth-order valence-electron chi connectivity index (χ4n) is 8.73. The molecule has 0 aliphatic heterocycles. The van der Waals surface area contributed by atoms with E-state index in [4.69, 9.17) is 4.43 Å². The first-order valence-electron chi connectivity index (χ1n) is 17.2. The molecule has 0 unspecified atom stereocenters. The van der Waals surface area contributed by atoms with Crippen molar-refractivity contribution in [2.45, 2.75) is 163 Å². The molecular weight excluding hydrogens is 603 g/mol. The number of hydrogen-bond donors (Lipinski definition) is 1. The highest BCUT2D eigenvalue weighted by molar-refractivity contribution is 7.88. The molecule has 6 nitrogen and oxygen atoms in total. The predicted molar refractivity (Wildman–Crippen MR) is 194 cm³/mol.